The van der Waals surface area contributed by atoms with Gasteiger partial charge in [-0.3, -0.25) is 14.9 Å². The molecule has 21 heavy (non-hydrogen) atoms. The van der Waals surface area contributed by atoms with E-state index in [1.807, 2.05) is 6.92 Å². The number of nitro benzene ring substituents is 1. The van der Waals surface area contributed by atoms with E-state index in [4.69, 9.17) is 4.74 Å². The van der Waals surface area contributed by atoms with Crippen molar-refractivity contribution in [3.05, 3.63) is 64.2 Å². The van der Waals surface area contributed by atoms with Crippen LogP contribution in [0.5, 0.6) is 5.75 Å². The molecule has 0 spiro atoms. The van der Waals surface area contributed by atoms with Gasteiger partial charge < -0.3 is 10.1 Å². The van der Waals surface area contributed by atoms with Gasteiger partial charge >= 0.3 is 0 Å². The lowest BCUT2D eigenvalue weighted by atomic mass is 10.1. The number of nitrogens with one attached hydrogen (secondary N) is 1. The Bertz CT molecular complexity index is 653. The number of nitro groups is 1. The quantitative estimate of drug-likeness (QED) is 0.675. The van der Waals surface area contributed by atoms with Crippen molar-refractivity contribution in [1.29, 1.82) is 0 Å². The smallest absolute Gasteiger partial charge is 0.282 e. The Morgan fingerprint density at radius 3 is 2.48 bits per heavy atom. The molecule has 0 bridgehead atoms. The third kappa shape index (κ3) is 3.56. The van der Waals surface area contributed by atoms with Crippen molar-refractivity contribution in [3.8, 4) is 5.75 Å². The first-order valence-electron chi connectivity index (χ1n) is 6.39. The van der Waals surface area contributed by atoms with E-state index in [0.717, 1.165) is 0 Å². The van der Waals surface area contributed by atoms with Crippen LogP contribution in [0.1, 0.15) is 17.3 Å². The highest BCUT2D eigenvalue weighted by Gasteiger charge is 2.19. The monoisotopic (exact) mass is 286 g/mol. The molecule has 0 saturated carbocycles. The predicted octanol–water partition coefficient (Wildman–Crippen LogP) is 3.25. The number of para-hydroxylation sites is 1. The summed E-state index contributed by atoms with van der Waals surface area (Å²) in [6.45, 7) is 2.44. The Hall–Kier alpha value is -2.89. The molecule has 0 aliphatic heterocycles. The Kier molecular flexibility index (Phi) is 4.50. The summed E-state index contributed by atoms with van der Waals surface area (Å²) in [6.07, 6.45) is 0. The average molecular weight is 286 g/mol. The van der Waals surface area contributed by atoms with Gasteiger partial charge in [-0.2, -0.15) is 0 Å². The Morgan fingerprint density at radius 2 is 1.86 bits per heavy atom. The van der Waals surface area contributed by atoms with Crippen molar-refractivity contribution in [2.24, 2.45) is 0 Å². The lowest BCUT2D eigenvalue weighted by molar-refractivity contribution is -0.385. The fourth-order valence-electron chi connectivity index (χ4n) is 1.82. The fraction of sp³-hybridized carbons (Fsp3) is 0.133. The van der Waals surface area contributed by atoms with E-state index in [-0.39, 0.29) is 11.3 Å². The zero-order valence-corrected chi connectivity index (χ0v) is 11.4. The topological polar surface area (TPSA) is 81.5 Å². The fourth-order valence-corrected chi connectivity index (χ4v) is 1.82. The maximum Gasteiger partial charge on any atom is 0.282 e. The first kappa shape index (κ1) is 14.5. The highest BCUT2D eigenvalue weighted by Crippen LogP contribution is 2.20. The van der Waals surface area contributed by atoms with Crippen LogP contribution in [-0.2, 0) is 0 Å². The number of hydrogen-bond donors (Lipinski definition) is 1. The molecule has 2 aromatic carbocycles. The number of ether oxygens (including phenoxy) is 1. The Morgan fingerprint density at radius 1 is 1.19 bits per heavy atom. The highest BCUT2D eigenvalue weighted by atomic mass is 16.6. The number of rotatable bonds is 5. The molecule has 6 nitrogen and oxygen atoms in total. The molecule has 1 N–H and O–H groups in total. The molecule has 0 unspecified atom stereocenters. The van der Waals surface area contributed by atoms with Gasteiger partial charge in [-0.25, -0.2) is 0 Å². The molecular formula is C15H14N2O4. The normalized spacial score (nSPS) is 9.95. The molecule has 0 fully saturated rings. The summed E-state index contributed by atoms with van der Waals surface area (Å²) < 4.78 is 5.30. The number of nitrogens with zero attached hydrogens (tertiary/aromatic N) is 1. The second-order valence-corrected chi connectivity index (χ2v) is 4.19. The summed E-state index contributed by atoms with van der Waals surface area (Å²) in [6, 6.07) is 12.6. The van der Waals surface area contributed by atoms with Crippen molar-refractivity contribution in [2.75, 3.05) is 11.9 Å². The van der Waals surface area contributed by atoms with Gasteiger partial charge in [-0.1, -0.05) is 12.1 Å². The molecule has 0 aliphatic rings. The van der Waals surface area contributed by atoms with E-state index in [2.05, 4.69) is 5.32 Å². The minimum atomic E-state index is -0.576. The number of hydrogen-bond acceptors (Lipinski definition) is 4. The van der Waals surface area contributed by atoms with Gasteiger partial charge in [0.05, 0.1) is 11.5 Å². The standard InChI is InChI=1S/C15H14N2O4/c1-2-21-12-9-7-11(8-10-12)16-15(18)13-5-3-4-6-14(13)17(19)20/h3-10H,2H2,1H3,(H,16,18). The highest BCUT2D eigenvalue weighted by molar-refractivity contribution is 6.07. The summed E-state index contributed by atoms with van der Waals surface area (Å²) in [5.74, 6) is 0.174. The molecule has 0 atom stereocenters. The second kappa shape index (κ2) is 6.51. The number of benzene rings is 2. The maximum absolute atomic E-state index is 12.1. The van der Waals surface area contributed by atoms with Crippen LogP contribution in [-0.4, -0.2) is 17.4 Å². The van der Waals surface area contributed by atoms with Crippen LogP contribution in [0.25, 0.3) is 0 Å². The number of amides is 1. The number of anilines is 1. The van der Waals surface area contributed by atoms with Gasteiger partial charge in [0.15, 0.2) is 0 Å². The van der Waals surface area contributed by atoms with Gasteiger partial charge in [0.1, 0.15) is 11.3 Å². The molecule has 6 heteroatoms. The predicted molar refractivity (Wildman–Crippen MR) is 78.7 cm³/mol. The van der Waals surface area contributed by atoms with Crippen LogP contribution in [0, 0.1) is 10.1 Å². The third-order valence-corrected chi connectivity index (χ3v) is 2.77. The van der Waals surface area contributed by atoms with E-state index in [1.165, 1.54) is 18.2 Å². The zero-order valence-electron chi connectivity index (χ0n) is 11.4. The summed E-state index contributed by atoms with van der Waals surface area (Å²) >= 11 is 0. The maximum atomic E-state index is 12.1. The molecule has 2 aromatic rings. The van der Waals surface area contributed by atoms with Gasteiger partial charge in [0.25, 0.3) is 11.6 Å². The van der Waals surface area contributed by atoms with E-state index in [1.54, 1.807) is 30.3 Å². The van der Waals surface area contributed by atoms with Crippen LogP contribution in [0.4, 0.5) is 11.4 Å². The van der Waals surface area contributed by atoms with Crippen LogP contribution in [0.2, 0.25) is 0 Å². The molecule has 1 amide bonds. The number of carbonyl (C=O) groups is 1. The Labute approximate surface area is 121 Å². The van der Waals surface area contributed by atoms with Crippen LogP contribution >= 0.6 is 0 Å². The van der Waals surface area contributed by atoms with Crippen molar-refractivity contribution < 1.29 is 14.5 Å². The average Bonchev–Trinajstić information content (AvgIpc) is 2.49. The van der Waals surface area contributed by atoms with E-state index >= 15 is 0 Å². The first-order valence-corrected chi connectivity index (χ1v) is 6.39. The third-order valence-electron chi connectivity index (χ3n) is 2.77. The molecule has 0 heterocycles. The van der Waals surface area contributed by atoms with Crippen LogP contribution in [0.15, 0.2) is 48.5 Å². The van der Waals surface area contributed by atoms with E-state index in [0.29, 0.717) is 18.0 Å². The second-order valence-electron chi connectivity index (χ2n) is 4.19. The van der Waals surface area contributed by atoms with E-state index in [9.17, 15) is 14.9 Å². The van der Waals surface area contributed by atoms with Gasteiger partial charge in [-0.05, 0) is 37.3 Å². The van der Waals surface area contributed by atoms with Crippen molar-refractivity contribution in [2.45, 2.75) is 6.92 Å². The van der Waals surface area contributed by atoms with Crippen molar-refractivity contribution in [1.82, 2.24) is 0 Å². The molecule has 108 valence electrons. The molecule has 0 aromatic heterocycles. The molecule has 0 saturated heterocycles. The van der Waals surface area contributed by atoms with Gasteiger partial charge in [-0.15, -0.1) is 0 Å². The number of carbonyl (C=O) groups excluding carboxylic acids is 1. The minimum absolute atomic E-state index is 0.0244. The summed E-state index contributed by atoms with van der Waals surface area (Å²) in [7, 11) is 0. The molecule has 0 aliphatic carbocycles. The lowest BCUT2D eigenvalue weighted by Crippen LogP contribution is -2.13. The summed E-state index contributed by atoms with van der Waals surface area (Å²) in [4.78, 5) is 22.4. The summed E-state index contributed by atoms with van der Waals surface area (Å²) in [5.41, 5.74) is 0.346. The van der Waals surface area contributed by atoms with Gasteiger partial charge in [0, 0.05) is 11.8 Å². The molecular weight excluding hydrogens is 272 g/mol. The largest absolute Gasteiger partial charge is 0.494 e. The molecule has 0 radical (unpaired) electrons. The van der Waals surface area contributed by atoms with Crippen molar-refractivity contribution >= 4 is 17.3 Å². The zero-order chi connectivity index (χ0) is 15.2. The first-order chi connectivity index (χ1) is 10.1. The van der Waals surface area contributed by atoms with Crippen LogP contribution in [0.3, 0.4) is 0 Å². The summed E-state index contributed by atoms with van der Waals surface area (Å²) in [5, 5.41) is 13.5. The minimum Gasteiger partial charge on any atom is -0.494 e. The van der Waals surface area contributed by atoms with Crippen molar-refractivity contribution in [3.63, 3.8) is 0 Å². The Balaban J connectivity index is 2.16. The van der Waals surface area contributed by atoms with Crippen LogP contribution < -0.4 is 10.1 Å². The SMILES string of the molecule is CCOc1ccc(NC(=O)c2ccccc2[N+](=O)[O-])cc1. The molecule has 2 rings (SSSR count). The lowest BCUT2D eigenvalue weighted by Gasteiger charge is -2.07. The van der Waals surface area contributed by atoms with E-state index < -0.39 is 10.8 Å². The van der Waals surface area contributed by atoms with Gasteiger partial charge in [0.2, 0.25) is 0 Å².